The number of H-pyrrole nitrogens is 1. The highest BCUT2D eigenvalue weighted by Gasteiger charge is 2.15. The number of anilines is 1. The van der Waals surface area contributed by atoms with E-state index < -0.39 is 0 Å². The molecule has 2 aromatic carbocycles. The first kappa shape index (κ1) is 18.7. The number of nitrogens with one attached hydrogen (secondary N) is 2. The third-order valence-electron chi connectivity index (χ3n) is 4.72. The van der Waals surface area contributed by atoms with Gasteiger partial charge in [0.25, 0.3) is 0 Å². The number of fused-ring (bicyclic) bond motifs is 1. The number of carbonyl (C=O) groups excluding carboxylic acids is 2. The van der Waals surface area contributed by atoms with Crippen LogP contribution in [0.3, 0.4) is 0 Å². The molecule has 0 unspecified atom stereocenters. The summed E-state index contributed by atoms with van der Waals surface area (Å²) in [5.41, 5.74) is 5.04. The van der Waals surface area contributed by atoms with E-state index in [9.17, 15) is 9.59 Å². The molecule has 2 amide bonds. The monoisotopic (exact) mass is 363 g/mol. The molecule has 5 nitrogen and oxygen atoms in total. The first-order valence-corrected chi connectivity index (χ1v) is 9.13. The molecule has 0 spiro atoms. The zero-order chi connectivity index (χ0) is 19.4. The van der Waals surface area contributed by atoms with Crippen LogP contribution in [0, 0.1) is 13.8 Å². The van der Waals surface area contributed by atoms with Crippen molar-refractivity contribution in [1.29, 1.82) is 0 Å². The van der Waals surface area contributed by atoms with Crippen molar-refractivity contribution in [2.75, 3.05) is 18.0 Å². The minimum atomic E-state index is -0.0516. The van der Waals surface area contributed by atoms with Gasteiger partial charge in [-0.05, 0) is 42.7 Å². The Balaban J connectivity index is 1.61. The summed E-state index contributed by atoms with van der Waals surface area (Å²) in [6.45, 7) is 6.40. The second kappa shape index (κ2) is 8.08. The number of carbonyl (C=O) groups is 2. The lowest BCUT2D eigenvalue weighted by Crippen LogP contribution is -2.38. The quantitative estimate of drug-likeness (QED) is 0.704. The van der Waals surface area contributed by atoms with Crippen LogP contribution in [0.15, 0.2) is 48.7 Å². The van der Waals surface area contributed by atoms with Crippen LogP contribution < -0.4 is 10.2 Å². The summed E-state index contributed by atoms with van der Waals surface area (Å²) in [5, 5.41) is 3.99. The molecule has 1 aromatic heterocycles. The van der Waals surface area contributed by atoms with Crippen molar-refractivity contribution in [3.05, 3.63) is 65.4 Å². The maximum atomic E-state index is 12.3. The van der Waals surface area contributed by atoms with E-state index in [1.54, 1.807) is 11.8 Å². The molecular weight excluding hydrogens is 338 g/mol. The number of rotatable bonds is 6. The summed E-state index contributed by atoms with van der Waals surface area (Å²) in [4.78, 5) is 29.3. The molecule has 0 aliphatic rings. The number of aromatic nitrogens is 1. The van der Waals surface area contributed by atoms with Crippen molar-refractivity contribution in [2.45, 2.75) is 27.2 Å². The van der Waals surface area contributed by atoms with Crippen molar-refractivity contribution in [3.8, 4) is 0 Å². The van der Waals surface area contributed by atoms with E-state index in [0.717, 1.165) is 33.3 Å². The van der Waals surface area contributed by atoms with E-state index in [2.05, 4.69) is 10.3 Å². The van der Waals surface area contributed by atoms with Crippen LogP contribution in [-0.4, -0.2) is 29.9 Å². The highest BCUT2D eigenvalue weighted by Crippen LogP contribution is 2.21. The van der Waals surface area contributed by atoms with Crippen LogP contribution in [0.25, 0.3) is 10.9 Å². The molecule has 3 aromatic rings. The number of hydrogen-bond donors (Lipinski definition) is 2. The average Bonchev–Trinajstić information content (AvgIpc) is 3.04. The first-order valence-electron chi connectivity index (χ1n) is 9.13. The first-order chi connectivity index (χ1) is 13.0. The van der Waals surface area contributed by atoms with Gasteiger partial charge in [0.05, 0.1) is 6.42 Å². The lowest BCUT2D eigenvalue weighted by molar-refractivity contribution is -0.121. The number of aromatic amines is 1. The third-order valence-corrected chi connectivity index (χ3v) is 4.72. The summed E-state index contributed by atoms with van der Waals surface area (Å²) >= 11 is 0. The number of aryl methyl sites for hydroxylation is 2. The van der Waals surface area contributed by atoms with Crippen molar-refractivity contribution >= 4 is 28.4 Å². The molecule has 0 aliphatic carbocycles. The van der Waals surface area contributed by atoms with Crippen LogP contribution in [0.1, 0.15) is 23.6 Å². The predicted octanol–water partition coefficient (Wildman–Crippen LogP) is 3.50. The van der Waals surface area contributed by atoms with Crippen molar-refractivity contribution < 1.29 is 9.59 Å². The van der Waals surface area contributed by atoms with E-state index >= 15 is 0 Å². The van der Waals surface area contributed by atoms with Gasteiger partial charge in [-0.1, -0.05) is 30.3 Å². The lowest BCUT2D eigenvalue weighted by Gasteiger charge is -2.23. The second-order valence-electron chi connectivity index (χ2n) is 6.85. The zero-order valence-corrected chi connectivity index (χ0v) is 16.0. The van der Waals surface area contributed by atoms with E-state index in [4.69, 9.17) is 0 Å². The maximum Gasteiger partial charge on any atom is 0.224 e. The summed E-state index contributed by atoms with van der Waals surface area (Å²) in [7, 11) is 0. The third kappa shape index (κ3) is 4.37. The topological polar surface area (TPSA) is 65.2 Å². The molecule has 3 rings (SSSR count). The highest BCUT2D eigenvalue weighted by atomic mass is 16.2. The van der Waals surface area contributed by atoms with Crippen LogP contribution in [-0.2, 0) is 16.0 Å². The van der Waals surface area contributed by atoms with Gasteiger partial charge in [-0.25, -0.2) is 0 Å². The zero-order valence-electron chi connectivity index (χ0n) is 16.0. The van der Waals surface area contributed by atoms with Crippen LogP contribution in [0.2, 0.25) is 0 Å². The maximum absolute atomic E-state index is 12.3. The van der Waals surface area contributed by atoms with Gasteiger partial charge in [0.15, 0.2) is 0 Å². The highest BCUT2D eigenvalue weighted by molar-refractivity contribution is 5.92. The van der Waals surface area contributed by atoms with Gasteiger partial charge in [-0.15, -0.1) is 0 Å². The lowest BCUT2D eigenvalue weighted by atomic mass is 10.1. The molecule has 0 radical (unpaired) electrons. The fraction of sp³-hybridized carbons (Fsp3) is 0.273. The van der Waals surface area contributed by atoms with Gasteiger partial charge in [-0.3, -0.25) is 9.59 Å². The molecule has 1 heterocycles. The number of para-hydroxylation sites is 1. The minimum absolute atomic E-state index is 0.0328. The van der Waals surface area contributed by atoms with Gasteiger partial charge in [0, 0.05) is 42.8 Å². The smallest absolute Gasteiger partial charge is 0.224 e. The van der Waals surface area contributed by atoms with E-state index in [1.807, 2.05) is 62.5 Å². The molecule has 0 atom stereocenters. The molecule has 5 heteroatoms. The largest absolute Gasteiger partial charge is 0.361 e. The Hall–Kier alpha value is -3.08. The summed E-state index contributed by atoms with van der Waals surface area (Å²) in [5.74, 6) is -0.0844. The number of benzene rings is 2. The average molecular weight is 363 g/mol. The van der Waals surface area contributed by atoms with Gasteiger partial charge in [0.2, 0.25) is 11.8 Å². The normalized spacial score (nSPS) is 10.8. The summed E-state index contributed by atoms with van der Waals surface area (Å²) < 4.78 is 0. The Morgan fingerprint density at radius 1 is 1.11 bits per heavy atom. The number of hydrogen-bond acceptors (Lipinski definition) is 2. The molecule has 0 saturated heterocycles. The molecule has 0 saturated carbocycles. The van der Waals surface area contributed by atoms with Crippen LogP contribution in [0.4, 0.5) is 5.69 Å². The van der Waals surface area contributed by atoms with E-state index in [1.165, 1.54) is 0 Å². The fourth-order valence-corrected chi connectivity index (χ4v) is 3.28. The van der Waals surface area contributed by atoms with Crippen LogP contribution in [0.5, 0.6) is 0 Å². The van der Waals surface area contributed by atoms with E-state index in [-0.39, 0.29) is 11.8 Å². The van der Waals surface area contributed by atoms with Crippen LogP contribution >= 0.6 is 0 Å². The van der Waals surface area contributed by atoms with Crippen molar-refractivity contribution in [3.63, 3.8) is 0 Å². The minimum Gasteiger partial charge on any atom is -0.361 e. The predicted molar refractivity (Wildman–Crippen MR) is 109 cm³/mol. The fourth-order valence-electron chi connectivity index (χ4n) is 3.28. The van der Waals surface area contributed by atoms with Crippen molar-refractivity contribution in [1.82, 2.24) is 10.3 Å². The molecule has 27 heavy (non-hydrogen) atoms. The standard InChI is InChI=1S/C22H25N3O2/c1-15-8-9-16(2)21(12-15)25(17(3)26)11-10-23-22(27)13-18-14-24-20-7-5-4-6-19(18)20/h4-9,12,14,24H,10-11,13H2,1-3H3,(H,23,27). The van der Waals surface area contributed by atoms with Gasteiger partial charge < -0.3 is 15.2 Å². The van der Waals surface area contributed by atoms with Crippen molar-refractivity contribution in [2.24, 2.45) is 0 Å². The molecule has 2 N–H and O–H groups in total. The van der Waals surface area contributed by atoms with Gasteiger partial charge >= 0.3 is 0 Å². The summed E-state index contributed by atoms with van der Waals surface area (Å²) in [6.07, 6.45) is 2.19. The Morgan fingerprint density at radius 3 is 2.67 bits per heavy atom. The Morgan fingerprint density at radius 2 is 1.89 bits per heavy atom. The SMILES string of the molecule is CC(=O)N(CCNC(=O)Cc1c[nH]c2ccccc12)c1cc(C)ccc1C. The van der Waals surface area contributed by atoms with Gasteiger partial charge in [0.1, 0.15) is 0 Å². The Labute approximate surface area is 159 Å². The number of nitrogens with zero attached hydrogens (tertiary/aromatic N) is 1. The second-order valence-corrected chi connectivity index (χ2v) is 6.85. The molecule has 0 bridgehead atoms. The van der Waals surface area contributed by atoms with E-state index in [0.29, 0.717) is 19.5 Å². The summed E-state index contributed by atoms with van der Waals surface area (Å²) in [6, 6.07) is 14.0. The molecular formula is C22H25N3O2. The molecule has 0 fully saturated rings. The number of amides is 2. The Kier molecular flexibility index (Phi) is 5.60. The Bertz CT molecular complexity index is 975. The molecule has 0 aliphatic heterocycles. The van der Waals surface area contributed by atoms with Gasteiger partial charge in [-0.2, -0.15) is 0 Å². The molecule has 140 valence electrons.